The largest absolute Gasteiger partial charge is 0.481 e. The summed E-state index contributed by atoms with van der Waals surface area (Å²) in [5.41, 5.74) is 7.12. The summed E-state index contributed by atoms with van der Waals surface area (Å²) < 4.78 is 5.10. The van der Waals surface area contributed by atoms with Crippen molar-refractivity contribution in [3.8, 4) is 5.88 Å². The van der Waals surface area contributed by atoms with E-state index in [1.165, 1.54) is 19.5 Å². The number of ether oxygens (including phenoxy) is 1. The Labute approximate surface area is 121 Å². The number of nitrogens with zero attached hydrogens (tertiary/aromatic N) is 3. The van der Waals surface area contributed by atoms with Crippen LogP contribution >= 0.6 is 0 Å². The monoisotopic (exact) mass is 278 g/mol. The molecule has 2 rings (SSSR count). The van der Waals surface area contributed by atoms with Gasteiger partial charge in [0.15, 0.2) is 0 Å². The van der Waals surface area contributed by atoms with Crippen LogP contribution in [0.15, 0.2) is 18.3 Å². The maximum absolute atomic E-state index is 5.97. The summed E-state index contributed by atoms with van der Waals surface area (Å²) in [6.07, 6.45) is 3.15. The molecule has 1 aromatic heterocycles. The van der Waals surface area contributed by atoms with Crippen molar-refractivity contribution in [3.63, 3.8) is 0 Å². The van der Waals surface area contributed by atoms with E-state index in [1.807, 2.05) is 12.3 Å². The lowest BCUT2D eigenvalue weighted by molar-refractivity contribution is 0.211. The molecule has 0 bridgehead atoms. The Morgan fingerprint density at radius 2 is 2.35 bits per heavy atom. The average molecular weight is 278 g/mol. The first-order valence-corrected chi connectivity index (χ1v) is 7.22. The Kier molecular flexibility index (Phi) is 5.34. The van der Waals surface area contributed by atoms with Crippen molar-refractivity contribution in [2.24, 2.45) is 11.7 Å². The molecule has 5 heteroatoms. The number of nitrogens with two attached hydrogens (primary N) is 1. The van der Waals surface area contributed by atoms with Crippen molar-refractivity contribution in [2.75, 3.05) is 47.4 Å². The zero-order valence-corrected chi connectivity index (χ0v) is 12.7. The highest BCUT2D eigenvalue weighted by Gasteiger charge is 2.24. The van der Waals surface area contributed by atoms with E-state index >= 15 is 0 Å². The molecule has 1 fully saturated rings. The van der Waals surface area contributed by atoms with Crippen LogP contribution in [0.1, 0.15) is 18.0 Å². The first kappa shape index (κ1) is 15.2. The van der Waals surface area contributed by atoms with Gasteiger partial charge in [-0.05, 0) is 38.5 Å². The molecule has 0 radical (unpaired) electrons. The van der Waals surface area contributed by atoms with Crippen LogP contribution in [-0.2, 0) is 0 Å². The maximum atomic E-state index is 5.97. The Morgan fingerprint density at radius 3 is 2.85 bits per heavy atom. The number of methoxy groups -OCH3 is 1. The molecule has 2 atom stereocenters. The molecular weight excluding hydrogens is 252 g/mol. The summed E-state index contributed by atoms with van der Waals surface area (Å²) in [5, 5.41) is 0. The highest BCUT2D eigenvalue weighted by atomic mass is 16.5. The molecule has 5 nitrogen and oxygen atoms in total. The van der Waals surface area contributed by atoms with Crippen molar-refractivity contribution in [2.45, 2.75) is 12.5 Å². The van der Waals surface area contributed by atoms with Crippen LogP contribution in [0.5, 0.6) is 5.88 Å². The number of hydrogen-bond acceptors (Lipinski definition) is 5. The first-order chi connectivity index (χ1) is 9.63. The van der Waals surface area contributed by atoms with Gasteiger partial charge in [-0.2, -0.15) is 0 Å². The average Bonchev–Trinajstić information content (AvgIpc) is 2.85. The smallest absolute Gasteiger partial charge is 0.212 e. The van der Waals surface area contributed by atoms with E-state index in [2.05, 4.69) is 34.9 Å². The molecule has 0 saturated carbocycles. The quantitative estimate of drug-likeness (QED) is 0.840. The van der Waals surface area contributed by atoms with Gasteiger partial charge in [-0.15, -0.1) is 0 Å². The SMILES string of the molecule is COc1ccc(C(CN)N(C)CC2CCN(C)C2)cn1. The van der Waals surface area contributed by atoms with Crippen molar-refractivity contribution in [3.05, 3.63) is 23.9 Å². The highest BCUT2D eigenvalue weighted by Crippen LogP contribution is 2.23. The van der Waals surface area contributed by atoms with Crippen molar-refractivity contribution >= 4 is 0 Å². The second kappa shape index (κ2) is 7.02. The van der Waals surface area contributed by atoms with Gasteiger partial charge < -0.3 is 15.4 Å². The van der Waals surface area contributed by atoms with E-state index in [9.17, 15) is 0 Å². The Morgan fingerprint density at radius 1 is 1.55 bits per heavy atom. The van der Waals surface area contributed by atoms with E-state index in [1.54, 1.807) is 7.11 Å². The van der Waals surface area contributed by atoms with Gasteiger partial charge in [0.05, 0.1) is 7.11 Å². The summed E-state index contributed by atoms with van der Waals surface area (Å²) >= 11 is 0. The minimum absolute atomic E-state index is 0.222. The summed E-state index contributed by atoms with van der Waals surface area (Å²) in [4.78, 5) is 9.03. The highest BCUT2D eigenvalue weighted by molar-refractivity contribution is 5.21. The fraction of sp³-hybridized carbons (Fsp3) is 0.667. The predicted octanol–water partition coefficient (Wildman–Crippen LogP) is 0.974. The lowest BCUT2D eigenvalue weighted by Gasteiger charge is -2.29. The van der Waals surface area contributed by atoms with E-state index in [0.29, 0.717) is 12.4 Å². The fourth-order valence-electron chi connectivity index (χ4n) is 2.99. The summed E-state index contributed by atoms with van der Waals surface area (Å²) in [6.45, 7) is 4.07. The van der Waals surface area contributed by atoms with Crippen LogP contribution in [0.4, 0.5) is 0 Å². The molecule has 20 heavy (non-hydrogen) atoms. The molecule has 1 aromatic rings. The zero-order valence-electron chi connectivity index (χ0n) is 12.7. The summed E-state index contributed by atoms with van der Waals surface area (Å²) in [7, 11) is 5.97. The molecule has 1 aliphatic rings. The fourth-order valence-corrected chi connectivity index (χ4v) is 2.99. The van der Waals surface area contributed by atoms with Gasteiger partial charge in [0, 0.05) is 37.9 Å². The van der Waals surface area contributed by atoms with E-state index in [0.717, 1.165) is 18.0 Å². The summed E-state index contributed by atoms with van der Waals surface area (Å²) in [6, 6.07) is 4.18. The molecule has 0 aliphatic carbocycles. The third-order valence-electron chi connectivity index (χ3n) is 4.14. The molecule has 2 heterocycles. The standard InChI is InChI=1S/C15H26N4O/c1-18-7-6-12(10-18)11-19(2)14(8-16)13-4-5-15(20-3)17-9-13/h4-5,9,12,14H,6-8,10-11,16H2,1-3H3. The lowest BCUT2D eigenvalue weighted by Crippen LogP contribution is -2.35. The normalized spacial score (nSPS) is 21.4. The third-order valence-corrected chi connectivity index (χ3v) is 4.14. The van der Waals surface area contributed by atoms with Crippen molar-refractivity contribution in [1.29, 1.82) is 0 Å². The van der Waals surface area contributed by atoms with Crippen molar-refractivity contribution < 1.29 is 4.74 Å². The maximum Gasteiger partial charge on any atom is 0.212 e. The molecule has 0 aromatic carbocycles. The Hall–Kier alpha value is -1.17. The van der Waals surface area contributed by atoms with Gasteiger partial charge in [0.25, 0.3) is 0 Å². The van der Waals surface area contributed by atoms with Crippen LogP contribution in [0.2, 0.25) is 0 Å². The first-order valence-electron chi connectivity index (χ1n) is 7.22. The van der Waals surface area contributed by atoms with E-state index in [-0.39, 0.29) is 6.04 Å². The van der Waals surface area contributed by atoms with Gasteiger partial charge >= 0.3 is 0 Å². The molecular formula is C15H26N4O. The summed E-state index contributed by atoms with van der Waals surface area (Å²) in [5.74, 6) is 1.38. The van der Waals surface area contributed by atoms with Crippen molar-refractivity contribution in [1.82, 2.24) is 14.8 Å². The zero-order chi connectivity index (χ0) is 14.5. The molecule has 0 spiro atoms. The molecule has 1 saturated heterocycles. The van der Waals surface area contributed by atoms with Crippen LogP contribution in [0.3, 0.4) is 0 Å². The molecule has 112 valence electrons. The predicted molar refractivity (Wildman–Crippen MR) is 80.8 cm³/mol. The van der Waals surface area contributed by atoms with Gasteiger partial charge in [-0.25, -0.2) is 4.98 Å². The van der Waals surface area contributed by atoms with Crippen LogP contribution < -0.4 is 10.5 Å². The van der Waals surface area contributed by atoms with Gasteiger partial charge in [0.1, 0.15) is 0 Å². The minimum Gasteiger partial charge on any atom is -0.481 e. The number of hydrogen-bond donors (Lipinski definition) is 1. The number of likely N-dealkylation sites (tertiary alicyclic amines) is 1. The second-order valence-electron chi connectivity index (χ2n) is 5.74. The van der Waals surface area contributed by atoms with Gasteiger partial charge in [-0.3, -0.25) is 4.90 Å². The van der Waals surface area contributed by atoms with Gasteiger partial charge in [-0.1, -0.05) is 6.07 Å². The lowest BCUT2D eigenvalue weighted by atomic mass is 10.0. The second-order valence-corrected chi connectivity index (χ2v) is 5.74. The van der Waals surface area contributed by atoms with E-state index in [4.69, 9.17) is 10.5 Å². The number of rotatable bonds is 6. The minimum atomic E-state index is 0.222. The Balaban J connectivity index is 1.98. The van der Waals surface area contributed by atoms with Crippen LogP contribution in [-0.4, -0.2) is 62.2 Å². The number of aromatic nitrogens is 1. The molecule has 2 N–H and O–H groups in total. The molecule has 0 amide bonds. The number of likely N-dealkylation sites (N-methyl/N-ethyl adjacent to an activating group) is 1. The molecule has 1 aliphatic heterocycles. The topological polar surface area (TPSA) is 54.6 Å². The third kappa shape index (κ3) is 3.69. The number of pyridine rings is 1. The van der Waals surface area contributed by atoms with Crippen LogP contribution in [0.25, 0.3) is 0 Å². The molecule has 2 unspecified atom stereocenters. The van der Waals surface area contributed by atoms with Crippen LogP contribution in [0, 0.1) is 5.92 Å². The van der Waals surface area contributed by atoms with E-state index < -0.39 is 0 Å². The van der Waals surface area contributed by atoms with Gasteiger partial charge in [0.2, 0.25) is 5.88 Å². The Bertz CT molecular complexity index is 409.